The molecule has 5 rings (SSSR count). The van der Waals surface area contributed by atoms with E-state index >= 15 is 0 Å². The maximum atomic E-state index is 11.3. The van der Waals surface area contributed by atoms with Gasteiger partial charge in [-0.2, -0.15) is 4.68 Å². The van der Waals surface area contributed by atoms with E-state index in [4.69, 9.17) is 9.47 Å². The van der Waals surface area contributed by atoms with Gasteiger partial charge in [-0.3, -0.25) is 0 Å². The van der Waals surface area contributed by atoms with Gasteiger partial charge in [0, 0.05) is 23.9 Å². The maximum Gasteiger partial charge on any atom is 0.227 e. The first-order valence-corrected chi connectivity index (χ1v) is 9.99. The minimum atomic E-state index is -0.0715. The van der Waals surface area contributed by atoms with Crippen LogP contribution in [0.25, 0.3) is 28.1 Å². The summed E-state index contributed by atoms with van der Waals surface area (Å²) in [7, 11) is 3.15. The third-order valence-corrected chi connectivity index (χ3v) is 5.10. The van der Waals surface area contributed by atoms with Crippen LogP contribution < -0.4 is 14.8 Å². The number of methoxy groups -OCH3 is 2. The van der Waals surface area contributed by atoms with Crippen LogP contribution in [-0.4, -0.2) is 39.1 Å². The molecule has 2 aromatic heterocycles. The molecule has 32 heavy (non-hydrogen) atoms. The Morgan fingerprint density at radius 2 is 1.59 bits per heavy atom. The number of H-pyrrole nitrogens is 1. The van der Waals surface area contributed by atoms with Crippen molar-refractivity contribution in [2.24, 2.45) is 0 Å². The fourth-order valence-corrected chi connectivity index (χ4v) is 3.54. The summed E-state index contributed by atoms with van der Waals surface area (Å²) in [6, 6.07) is 22.6. The first-order chi connectivity index (χ1) is 15.7. The minimum Gasteiger partial charge on any atom is -0.497 e. The van der Waals surface area contributed by atoms with Crippen molar-refractivity contribution < 1.29 is 14.6 Å². The van der Waals surface area contributed by atoms with E-state index in [0.717, 1.165) is 16.7 Å². The second-order valence-corrected chi connectivity index (χ2v) is 7.12. The summed E-state index contributed by atoms with van der Waals surface area (Å²) in [6.07, 6.45) is 0. The lowest BCUT2D eigenvalue weighted by molar-refractivity contribution is 0.392. The Hall–Kier alpha value is -4.46. The number of rotatable bonds is 6. The van der Waals surface area contributed by atoms with Crippen LogP contribution >= 0.6 is 0 Å². The molecule has 0 aliphatic carbocycles. The van der Waals surface area contributed by atoms with Crippen LogP contribution in [0.5, 0.6) is 17.4 Å². The molecule has 0 fully saturated rings. The van der Waals surface area contributed by atoms with Crippen LogP contribution in [0, 0.1) is 0 Å². The molecule has 3 N–H and O–H groups in total. The van der Waals surface area contributed by atoms with Crippen molar-refractivity contribution >= 4 is 22.5 Å². The molecule has 0 radical (unpaired) electrons. The van der Waals surface area contributed by atoms with E-state index < -0.39 is 0 Å². The SMILES string of the molecule is COc1cc(OC)cc(-n2nc(Nc3ccccc3)c(-c3nc4ccccc4[nH]3)c2O)c1. The predicted molar refractivity (Wildman–Crippen MR) is 123 cm³/mol. The molecule has 8 heteroatoms. The van der Waals surface area contributed by atoms with Gasteiger partial charge in [0.1, 0.15) is 22.9 Å². The number of aromatic amines is 1. The highest BCUT2D eigenvalue weighted by Gasteiger charge is 2.24. The number of nitrogens with zero attached hydrogens (tertiary/aromatic N) is 3. The summed E-state index contributed by atoms with van der Waals surface area (Å²) in [6.45, 7) is 0. The summed E-state index contributed by atoms with van der Waals surface area (Å²) >= 11 is 0. The number of imidazole rings is 1. The van der Waals surface area contributed by atoms with Gasteiger partial charge < -0.3 is 24.9 Å². The van der Waals surface area contributed by atoms with Crippen molar-refractivity contribution in [1.82, 2.24) is 19.7 Å². The third-order valence-electron chi connectivity index (χ3n) is 5.10. The Bertz CT molecular complexity index is 1340. The van der Waals surface area contributed by atoms with Gasteiger partial charge in [0.05, 0.1) is 30.9 Å². The van der Waals surface area contributed by atoms with Crippen LogP contribution in [0.15, 0.2) is 72.8 Å². The van der Waals surface area contributed by atoms with Crippen LogP contribution in [0.1, 0.15) is 0 Å². The van der Waals surface area contributed by atoms with E-state index in [-0.39, 0.29) is 5.88 Å². The molecule has 0 unspecified atom stereocenters. The molecule has 0 spiro atoms. The number of para-hydroxylation sites is 3. The summed E-state index contributed by atoms with van der Waals surface area (Å²) in [5, 5.41) is 19.2. The average Bonchev–Trinajstić information content (AvgIpc) is 3.39. The first kappa shape index (κ1) is 19.5. The van der Waals surface area contributed by atoms with Gasteiger partial charge in [-0.15, -0.1) is 5.10 Å². The van der Waals surface area contributed by atoms with Gasteiger partial charge in [-0.05, 0) is 24.3 Å². The van der Waals surface area contributed by atoms with Crippen molar-refractivity contribution in [2.75, 3.05) is 19.5 Å². The lowest BCUT2D eigenvalue weighted by atomic mass is 10.2. The summed E-state index contributed by atoms with van der Waals surface area (Å²) in [5.41, 5.74) is 3.52. The second kappa shape index (κ2) is 7.99. The molecule has 5 aromatic rings. The van der Waals surface area contributed by atoms with Crippen molar-refractivity contribution in [1.29, 1.82) is 0 Å². The molecule has 0 atom stereocenters. The Morgan fingerprint density at radius 3 is 2.28 bits per heavy atom. The Morgan fingerprint density at radius 1 is 0.906 bits per heavy atom. The largest absolute Gasteiger partial charge is 0.497 e. The summed E-state index contributed by atoms with van der Waals surface area (Å²) < 4.78 is 12.2. The van der Waals surface area contributed by atoms with E-state index in [2.05, 4.69) is 20.4 Å². The van der Waals surface area contributed by atoms with Crippen molar-refractivity contribution in [3.63, 3.8) is 0 Å². The van der Waals surface area contributed by atoms with Gasteiger partial charge in [0.25, 0.3) is 0 Å². The minimum absolute atomic E-state index is 0.0715. The van der Waals surface area contributed by atoms with Crippen molar-refractivity contribution in [3.05, 3.63) is 72.8 Å². The predicted octanol–water partition coefficient (Wildman–Crippen LogP) is 4.88. The highest BCUT2D eigenvalue weighted by atomic mass is 16.5. The zero-order valence-corrected chi connectivity index (χ0v) is 17.5. The highest BCUT2D eigenvalue weighted by Crippen LogP contribution is 2.39. The Labute approximate surface area is 184 Å². The lowest BCUT2D eigenvalue weighted by Crippen LogP contribution is -1.99. The topological polar surface area (TPSA) is 97.2 Å². The van der Waals surface area contributed by atoms with E-state index in [9.17, 15) is 5.11 Å². The molecule has 3 aromatic carbocycles. The molecule has 0 saturated heterocycles. The molecule has 160 valence electrons. The molecule has 0 aliphatic heterocycles. The van der Waals surface area contributed by atoms with E-state index in [1.165, 1.54) is 4.68 Å². The molecule has 8 nitrogen and oxygen atoms in total. The van der Waals surface area contributed by atoms with Crippen LogP contribution in [0.4, 0.5) is 11.5 Å². The summed E-state index contributed by atoms with van der Waals surface area (Å²) in [5.74, 6) is 2.05. The molecular formula is C24H21N5O3. The smallest absolute Gasteiger partial charge is 0.227 e. The monoisotopic (exact) mass is 427 g/mol. The molecule has 2 heterocycles. The van der Waals surface area contributed by atoms with Gasteiger partial charge in [0.2, 0.25) is 5.88 Å². The number of aromatic nitrogens is 4. The van der Waals surface area contributed by atoms with Gasteiger partial charge >= 0.3 is 0 Å². The van der Waals surface area contributed by atoms with E-state index in [1.807, 2.05) is 54.6 Å². The number of benzene rings is 3. The number of fused-ring (bicyclic) bond motifs is 1. The molecule has 0 aliphatic rings. The highest BCUT2D eigenvalue weighted by molar-refractivity contribution is 5.85. The number of nitrogens with one attached hydrogen (secondary N) is 2. The third kappa shape index (κ3) is 3.47. The fourth-order valence-electron chi connectivity index (χ4n) is 3.54. The van der Waals surface area contributed by atoms with Gasteiger partial charge in [-0.1, -0.05) is 30.3 Å². The van der Waals surface area contributed by atoms with E-state index in [0.29, 0.717) is 34.4 Å². The number of aromatic hydroxyl groups is 1. The van der Waals surface area contributed by atoms with Crippen LogP contribution in [0.3, 0.4) is 0 Å². The zero-order valence-electron chi connectivity index (χ0n) is 17.5. The van der Waals surface area contributed by atoms with Crippen molar-refractivity contribution in [3.8, 4) is 34.5 Å². The first-order valence-electron chi connectivity index (χ1n) is 9.99. The van der Waals surface area contributed by atoms with Gasteiger partial charge in [0.15, 0.2) is 5.82 Å². The zero-order chi connectivity index (χ0) is 22.1. The molecular weight excluding hydrogens is 406 g/mol. The quantitative estimate of drug-likeness (QED) is 0.357. The summed E-state index contributed by atoms with van der Waals surface area (Å²) in [4.78, 5) is 7.94. The fraction of sp³-hybridized carbons (Fsp3) is 0.0833. The number of anilines is 2. The normalized spacial score (nSPS) is 10.9. The Kier molecular flexibility index (Phi) is 4.87. The maximum absolute atomic E-state index is 11.3. The van der Waals surface area contributed by atoms with Crippen molar-refractivity contribution in [2.45, 2.75) is 0 Å². The number of hydrogen-bond acceptors (Lipinski definition) is 6. The molecule has 0 saturated carbocycles. The second-order valence-electron chi connectivity index (χ2n) is 7.12. The Balaban J connectivity index is 1.70. The lowest BCUT2D eigenvalue weighted by Gasteiger charge is -2.09. The number of ether oxygens (including phenoxy) is 2. The molecule has 0 amide bonds. The molecule has 0 bridgehead atoms. The van der Waals surface area contributed by atoms with E-state index in [1.54, 1.807) is 32.4 Å². The standard InChI is InChI=1S/C24H21N5O3/c1-31-17-12-16(13-18(14-17)32-2)29-24(30)21(22-26-19-10-6-7-11-20(19)27-22)23(28-29)25-15-8-4-3-5-9-15/h3-14,30H,1-2H3,(H,25,28)(H,26,27). The number of hydrogen-bond donors (Lipinski definition) is 3. The average molecular weight is 427 g/mol. The van der Waals surface area contributed by atoms with Crippen LogP contribution in [-0.2, 0) is 0 Å². The van der Waals surface area contributed by atoms with Gasteiger partial charge in [-0.25, -0.2) is 4.98 Å². The van der Waals surface area contributed by atoms with Crippen LogP contribution in [0.2, 0.25) is 0 Å².